The lowest BCUT2D eigenvalue weighted by molar-refractivity contribution is -0.384. The molecule has 0 aliphatic rings. The first-order valence-electron chi connectivity index (χ1n) is 8.69. The van der Waals surface area contributed by atoms with Crippen molar-refractivity contribution >= 4 is 11.5 Å². The molecule has 0 aliphatic heterocycles. The molecule has 1 heterocycles. The first-order valence-corrected chi connectivity index (χ1v) is 8.69. The molecule has 0 amide bonds. The fourth-order valence-corrected chi connectivity index (χ4v) is 3.07. The van der Waals surface area contributed by atoms with Gasteiger partial charge in [0.25, 0.3) is 5.69 Å². The Hall–Kier alpha value is -4.32. The summed E-state index contributed by atoms with van der Waals surface area (Å²) in [5, 5.41) is 20.8. The number of hydrogen-bond acceptors (Lipinski definition) is 8. The van der Waals surface area contributed by atoms with Gasteiger partial charge < -0.3 is 19.9 Å². The molecule has 0 bridgehead atoms. The van der Waals surface area contributed by atoms with Gasteiger partial charge in [-0.05, 0) is 23.8 Å². The van der Waals surface area contributed by atoms with Crippen LogP contribution in [0.1, 0.15) is 5.56 Å². The number of rotatable bonds is 6. The quantitative estimate of drug-likeness (QED) is 0.482. The Morgan fingerprint density at radius 2 is 1.70 bits per heavy atom. The van der Waals surface area contributed by atoms with Crippen molar-refractivity contribution in [3.63, 3.8) is 0 Å². The Labute approximate surface area is 172 Å². The molecule has 9 heteroatoms. The summed E-state index contributed by atoms with van der Waals surface area (Å²) < 4.78 is 16.1. The Morgan fingerprint density at radius 1 is 1.03 bits per heavy atom. The summed E-state index contributed by atoms with van der Waals surface area (Å²) in [7, 11) is 4.47. The molecule has 3 rings (SSSR count). The monoisotopic (exact) mass is 406 g/mol. The zero-order chi connectivity index (χ0) is 21.8. The summed E-state index contributed by atoms with van der Waals surface area (Å²) in [5.41, 5.74) is 8.08. The number of anilines is 1. The van der Waals surface area contributed by atoms with Gasteiger partial charge in [-0.25, -0.2) is 4.98 Å². The fourth-order valence-electron chi connectivity index (χ4n) is 3.07. The van der Waals surface area contributed by atoms with Gasteiger partial charge in [-0.1, -0.05) is 12.1 Å². The number of nitro groups is 1. The van der Waals surface area contributed by atoms with E-state index in [-0.39, 0.29) is 17.1 Å². The van der Waals surface area contributed by atoms with Crippen LogP contribution in [0.4, 0.5) is 11.5 Å². The highest BCUT2D eigenvalue weighted by atomic mass is 16.6. The molecular weight excluding hydrogens is 388 g/mol. The SMILES string of the molecule is COc1cc(-c2cc(-c3cccc([N+](=O)[O-])c3)nc(N)c2C#N)cc(OC)c1OC. The van der Waals surface area contributed by atoms with E-state index in [1.54, 1.807) is 30.3 Å². The minimum absolute atomic E-state index is 0.00487. The third-order valence-electron chi connectivity index (χ3n) is 4.49. The van der Waals surface area contributed by atoms with Gasteiger partial charge in [0.1, 0.15) is 17.5 Å². The van der Waals surface area contributed by atoms with E-state index in [0.29, 0.717) is 39.6 Å². The topological polar surface area (TPSA) is 134 Å². The number of benzene rings is 2. The molecule has 0 atom stereocenters. The van der Waals surface area contributed by atoms with E-state index in [1.165, 1.54) is 33.5 Å². The maximum Gasteiger partial charge on any atom is 0.270 e. The second-order valence-electron chi connectivity index (χ2n) is 6.15. The molecule has 1 aromatic heterocycles. The third-order valence-corrected chi connectivity index (χ3v) is 4.49. The zero-order valence-corrected chi connectivity index (χ0v) is 16.5. The number of pyridine rings is 1. The molecule has 30 heavy (non-hydrogen) atoms. The second kappa shape index (κ2) is 8.36. The fraction of sp³-hybridized carbons (Fsp3) is 0.143. The Kier molecular flexibility index (Phi) is 5.69. The van der Waals surface area contributed by atoms with E-state index in [9.17, 15) is 15.4 Å². The van der Waals surface area contributed by atoms with E-state index in [2.05, 4.69) is 11.1 Å². The highest BCUT2D eigenvalue weighted by molar-refractivity contribution is 5.82. The number of nitrogens with zero attached hydrogens (tertiary/aromatic N) is 3. The van der Waals surface area contributed by atoms with Gasteiger partial charge in [0.15, 0.2) is 11.5 Å². The average molecular weight is 406 g/mol. The van der Waals surface area contributed by atoms with Gasteiger partial charge in [0.05, 0.1) is 31.9 Å². The molecule has 2 N–H and O–H groups in total. The van der Waals surface area contributed by atoms with E-state index in [4.69, 9.17) is 19.9 Å². The zero-order valence-electron chi connectivity index (χ0n) is 16.5. The smallest absolute Gasteiger partial charge is 0.270 e. The van der Waals surface area contributed by atoms with Crippen LogP contribution < -0.4 is 19.9 Å². The number of non-ortho nitro benzene ring substituents is 1. The summed E-state index contributed by atoms with van der Waals surface area (Å²) in [6.07, 6.45) is 0. The summed E-state index contributed by atoms with van der Waals surface area (Å²) in [6, 6.07) is 13.1. The minimum Gasteiger partial charge on any atom is -0.493 e. The molecule has 0 aliphatic carbocycles. The summed E-state index contributed by atoms with van der Waals surface area (Å²) in [4.78, 5) is 14.9. The molecule has 2 aromatic carbocycles. The second-order valence-corrected chi connectivity index (χ2v) is 6.15. The first-order chi connectivity index (χ1) is 14.4. The molecule has 0 saturated carbocycles. The first kappa shape index (κ1) is 20.4. The summed E-state index contributed by atoms with van der Waals surface area (Å²) in [6.45, 7) is 0. The van der Waals surface area contributed by atoms with Crippen molar-refractivity contribution in [3.8, 4) is 45.7 Å². The molecular formula is C21H18N4O5. The van der Waals surface area contributed by atoms with Crippen molar-refractivity contribution in [3.05, 3.63) is 58.1 Å². The van der Waals surface area contributed by atoms with E-state index < -0.39 is 4.92 Å². The number of nitriles is 1. The van der Waals surface area contributed by atoms with Crippen LogP contribution in [0.15, 0.2) is 42.5 Å². The number of ether oxygens (including phenoxy) is 3. The number of methoxy groups -OCH3 is 3. The van der Waals surface area contributed by atoms with Crippen LogP contribution in [-0.4, -0.2) is 31.2 Å². The lowest BCUT2D eigenvalue weighted by Gasteiger charge is -2.16. The maximum absolute atomic E-state index is 11.1. The predicted molar refractivity (Wildman–Crippen MR) is 111 cm³/mol. The van der Waals surface area contributed by atoms with Crippen molar-refractivity contribution in [2.75, 3.05) is 27.1 Å². The molecule has 152 valence electrons. The standard InChI is InChI=1S/C21H18N4O5/c1-28-18-8-13(9-19(29-2)20(18)30-3)15-10-17(24-21(23)16(15)11-22)12-5-4-6-14(7-12)25(26)27/h4-10H,1-3H3,(H2,23,24). The predicted octanol–water partition coefficient (Wildman–Crippen LogP) is 3.80. The molecule has 0 spiro atoms. The van der Waals surface area contributed by atoms with E-state index in [0.717, 1.165) is 0 Å². The minimum atomic E-state index is -0.489. The number of nitrogens with two attached hydrogens (primary N) is 1. The highest BCUT2D eigenvalue weighted by Crippen LogP contribution is 2.43. The Morgan fingerprint density at radius 3 is 2.23 bits per heavy atom. The molecule has 0 radical (unpaired) electrons. The van der Waals surface area contributed by atoms with Crippen LogP contribution in [0.2, 0.25) is 0 Å². The van der Waals surface area contributed by atoms with E-state index >= 15 is 0 Å². The number of nitro benzene ring substituents is 1. The van der Waals surface area contributed by atoms with Gasteiger partial charge in [-0.2, -0.15) is 5.26 Å². The average Bonchev–Trinajstić information content (AvgIpc) is 2.77. The third kappa shape index (κ3) is 3.66. The van der Waals surface area contributed by atoms with Crippen molar-refractivity contribution in [1.82, 2.24) is 4.98 Å². The number of nitrogen functional groups attached to an aromatic ring is 1. The van der Waals surface area contributed by atoms with Crippen LogP contribution in [0.25, 0.3) is 22.4 Å². The summed E-state index contributed by atoms with van der Waals surface area (Å²) in [5.74, 6) is 1.22. The van der Waals surface area contributed by atoms with Gasteiger partial charge in [-0.3, -0.25) is 10.1 Å². The van der Waals surface area contributed by atoms with Gasteiger partial charge in [0, 0.05) is 23.3 Å². The van der Waals surface area contributed by atoms with Crippen molar-refractivity contribution in [1.29, 1.82) is 5.26 Å². The number of aromatic nitrogens is 1. The van der Waals surface area contributed by atoms with Crippen LogP contribution in [0.3, 0.4) is 0 Å². The maximum atomic E-state index is 11.1. The van der Waals surface area contributed by atoms with Crippen LogP contribution in [0.5, 0.6) is 17.2 Å². The van der Waals surface area contributed by atoms with Crippen molar-refractivity contribution in [2.45, 2.75) is 0 Å². The van der Waals surface area contributed by atoms with Gasteiger partial charge >= 0.3 is 0 Å². The molecule has 0 fully saturated rings. The Balaban J connectivity index is 2.27. The van der Waals surface area contributed by atoms with Crippen molar-refractivity contribution < 1.29 is 19.1 Å². The molecule has 9 nitrogen and oxygen atoms in total. The molecule has 3 aromatic rings. The summed E-state index contributed by atoms with van der Waals surface area (Å²) >= 11 is 0. The largest absolute Gasteiger partial charge is 0.493 e. The normalized spacial score (nSPS) is 10.2. The molecule has 0 saturated heterocycles. The van der Waals surface area contributed by atoms with E-state index in [1.807, 2.05) is 0 Å². The molecule has 0 unspecified atom stereocenters. The number of hydrogen-bond donors (Lipinski definition) is 1. The van der Waals surface area contributed by atoms with Crippen LogP contribution >= 0.6 is 0 Å². The highest BCUT2D eigenvalue weighted by Gasteiger charge is 2.19. The van der Waals surface area contributed by atoms with Gasteiger partial charge in [-0.15, -0.1) is 0 Å². The van der Waals surface area contributed by atoms with Crippen molar-refractivity contribution in [2.24, 2.45) is 0 Å². The van der Waals surface area contributed by atoms with Crippen LogP contribution in [-0.2, 0) is 0 Å². The van der Waals surface area contributed by atoms with Gasteiger partial charge in [0.2, 0.25) is 5.75 Å². The van der Waals surface area contributed by atoms with Crippen LogP contribution in [0, 0.1) is 21.4 Å². The lowest BCUT2D eigenvalue weighted by atomic mass is 9.97. The Bertz CT molecular complexity index is 1150. The lowest BCUT2D eigenvalue weighted by Crippen LogP contribution is -2.01.